The highest BCUT2D eigenvalue weighted by atomic mass is 32.1. The molecule has 0 aliphatic carbocycles. The molecular weight excluding hydrogens is 598 g/mol. The lowest BCUT2D eigenvalue weighted by Crippen LogP contribution is -2.40. The highest BCUT2D eigenvalue weighted by Gasteiger charge is 2.35. The van der Waals surface area contributed by atoms with E-state index in [1.165, 1.54) is 11.3 Å². The minimum Gasteiger partial charge on any atom is -0.465 e. The largest absolute Gasteiger partial charge is 0.465 e. The van der Waals surface area contributed by atoms with Crippen molar-refractivity contribution in [2.24, 2.45) is 4.99 Å². The summed E-state index contributed by atoms with van der Waals surface area (Å²) in [5.74, 6) is -0.529. The topological polar surface area (TPSA) is 91.9 Å². The number of esters is 2. The second-order valence-corrected chi connectivity index (χ2v) is 12.3. The van der Waals surface area contributed by atoms with Crippen LogP contribution in [0.2, 0.25) is 0 Å². The van der Waals surface area contributed by atoms with Crippen molar-refractivity contribution in [3.63, 3.8) is 0 Å². The molecule has 5 aromatic rings. The minimum atomic E-state index is -0.751. The molecule has 46 heavy (non-hydrogen) atoms. The molecule has 9 heteroatoms. The number of aromatic nitrogens is 2. The first kappa shape index (κ1) is 31.0. The molecule has 1 aliphatic rings. The average Bonchev–Trinajstić information content (AvgIpc) is 3.56. The predicted octanol–water partition coefficient (Wildman–Crippen LogP) is 5.58. The van der Waals surface area contributed by atoms with E-state index >= 15 is 0 Å². The number of carbonyl (C=O) groups excluding carboxylic acids is 2. The summed E-state index contributed by atoms with van der Waals surface area (Å²) in [6.07, 6.45) is 3.70. The van der Waals surface area contributed by atoms with Gasteiger partial charge < -0.3 is 14.0 Å². The van der Waals surface area contributed by atoms with Gasteiger partial charge in [-0.25, -0.2) is 9.79 Å². The zero-order valence-corrected chi connectivity index (χ0v) is 27.0. The first-order valence-corrected chi connectivity index (χ1v) is 16.2. The van der Waals surface area contributed by atoms with E-state index in [0.717, 1.165) is 33.2 Å². The van der Waals surface area contributed by atoms with Crippen molar-refractivity contribution in [1.29, 1.82) is 0 Å². The molecule has 3 heterocycles. The predicted molar refractivity (Wildman–Crippen MR) is 180 cm³/mol. The second-order valence-electron chi connectivity index (χ2n) is 11.3. The van der Waals surface area contributed by atoms with E-state index in [9.17, 15) is 14.4 Å². The summed E-state index contributed by atoms with van der Waals surface area (Å²) >= 11 is 1.27. The summed E-state index contributed by atoms with van der Waals surface area (Å²) in [6, 6.07) is 24.5. The van der Waals surface area contributed by atoms with Crippen molar-refractivity contribution < 1.29 is 19.1 Å². The molecule has 1 atom stereocenters. The second kappa shape index (κ2) is 13.1. The molecule has 8 nitrogen and oxygen atoms in total. The number of carbonyl (C=O) groups is 2. The van der Waals surface area contributed by atoms with E-state index in [0.29, 0.717) is 33.1 Å². The smallest absolute Gasteiger partial charge is 0.338 e. The van der Waals surface area contributed by atoms with Crippen LogP contribution in [0.25, 0.3) is 22.7 Å². The summed E-state index contributed by atoms with van der Waals surface area (Å²) < 4.78 is 14.7. The van der Waals surface area contributed by atoms with E-state index in [-0.39, 0.29) is 24.7 Å². The fraction of sp³-hybridized carbons (Fsp3) is 0.243. The lowest BCUT2D eigenvalue weighted by atomic mass is 9.91. The molecule has 0 spiro atoms. The summed E-state index contributed by atoms with van der Waals surface area (Å²) in [4.78, 5) is 45.9. The van der Waals surface area contributed by atoms with Crippen LogP contribution in [0, 0.1) is 0 Å². The molecule has 2 aromatic heterocycles. The average molecular weight is 634 g/mol. The van der Waals surface area contributed by atoms with Crippen molar-refractivity contribution in [3.8, 4) is 0 Å². The molecule has 0 fully saturated rings. The van der Waals surface area contributed by atoms with Gasteiger partial charge in [-0.2, -0.15) is 0 Å². The third-order valence-corrected chi connectivity index (χ3v) is 8.99. The van der Waals surface area contributed by atoms with Crippen LogP contribution in [0.3, 0.4) is 0 Å². The van der Waals surface area contributed by atoms with Crippen LogP contribution in [0.15, 0.2) is 100 Å². The molecule has 234 valence electrons. The van der Waals surface area contributed by atoms with Gasteiger partial charge in [-0.1, -0.05) is 98.0 Å². The van der Waals surface area contributed by atoms with E-state index in [4.69, 9.17) is 14.5 Å². The monoisotopic (exact) mass is 633 g/mol. The molecular formula is C37H35N3O5S. The maximum atomic E-state index is 14.4. The van der Waals surface area contributed by atoms with Crippen molar-refractivity contribution in [2.75, 3.05) is 13.2 Å². The lowest BCUT2D eigenvalue weighted by molar-refractivity contribution is -0.143. The molecule has 6 rings (SSSR count). The van der Waals surface area contributed by atoms with Crippen molar-refractivity contribution in [2.45, 2.75) is 46.2 Å². The molecule has 0 bridgehead atoms. The Balaban J connectivity index is 1.59. The summed E-state index contributed by atoms with van der Waals surface area (Å²) in [6.45, 7) is 8.33. The number of hydrogen-bond donors (Lipinski definition) is 0. The summed E-state index contributed by atoms with van der Waals surface area (Å²) in [7, 11) is 0. The Morgan fingerprint density at radius 1 is 0.935 bits per heavy atom. The molecule has 0 N–H and O–H groups in total. The van der Waals surface area contributed by atoms with Crippen LogP contribution < -0.4 is 14.9 Å². The van der Waals surface area contributed by atoms with Gasteiger partial charge in [0, 0.05) is 28.2 Å². The SMILES string of the molecule is CCOC(=O)Cn1cc(/C=c2\sc3n(c2=O)[C@H](c2ccc(C(C)C)cc2)C(C(=O)OCC)=C(c2ccccc2)N=3)c2ccccc21. The zero-order chi connectivity index (χ0) is 32.4. The quantitative estimate of drug-likeness (QED) is 0.198. The van der Waals surface area contributed by atoms with Gasteiger partial charge in [0.1, 0.15) is 6.54 Å². The van der Waals surface area contributed by atoms with E-state index in [2.05, 4.69) is 13.8 Å². The molecule has 0 saturated carbocycles. The Labute approximate surface area is 270 Å². The van der Waals surface area contributed by atoms with Gasteiger partial charge in [0.25, 0.3) is 5.56 Å². The van der Waals surface area contributed by atoms with Crippen LogP contribution in [-0.2, 0) is 25.6 Å². The van der Waals surface area contributed by atoms with Gasteiger partial charge in [-0.15, -0.1) is 0 Å². The third kappa shape index (κ3) is 5.86. The van der Waals surface area contributed by atoms with E-state index in [1.807, 2.05) is 95.7 Å². The van der Waals surface area contributed by atoms with Gasteiger partial charge in [0.2, 0.25) is 0 Å². The van der Waals surface area contributed by atoms with Gasteiger partial charge in [0.05, 0.1) is 35.1 Å². The maximum absolute atomic E-state index is 14.4. The Bertz CT molecular complexity index is 2140. The molecule has 0 radical (unpaired) electrons. The van der Waals surface area contributed by atoms with Crippen LogP contribution in [0.5, 0.6) is 0 Å². The molecule has 1 aliphatic heterocycles. The van der Waals surface area contributed by atoms with Gasteiger partial charge in [-0.3, -0.25) is 14.2 Å². The number of ether oxygens (including phenoxy) is 2. The Morgan fingerprint density at radius 3 is 2.33 bits per heavy atom. The van der Waals surface area contributed by atoms with E-state index < -0.39 is 12.0 Å². The normalized spacial score (nSPS) is 14.8. The fourth-order valence-corrected chi connectivity index (χ4v) is 6.82. The third-order valence-electron chi connectivity index (χ3n) is 8.00. The first-order chi connectivity index (χ1) is 22.3. The van der Waals surface area contributed by atoms with Gasteiger partial charge in [0.15, 0.2) is 4.80 Å². The minimum absolute atomic E-state index is 0.0547. The molecule has 3 aromatic carbocycles. The first-order valence-electron chi connectivity index (χ1n) is 15.4. The van der Waals surface area contributed by atoms with Crippen LogP contribution in [0.4, 0.5) is 0 Å². The number of hydrogen-bond acceptors (Lipinski definition) is 7. The Kier molecular flexibility index (Phi) is 8.85. The van der Waals surface area contributed by atoms with Crippen LogP contribution >= 0.6 is 11.3 Å². The van der Waals surface area contributed by atoms with E-state index in [1.54, 1.807) is 18.4 Å². The lowest BCUT2D eigenvalue weighted by Gasteiger charge is -2.26. The Hall–Kier alpha value is -5.02. The van der Waals surface area contributed by atoms with Gasteiger partial charge in [-0.05, 0) is 43.0 Å². The number of rotatable bonds is 9. The standard InChI is InChI=1S/C37H35N3O5S/c1-5-44-31(41)22-39-21-27(28-14-10-11-15-29(28)39)20-30-35(42)40-34(26-18-16-24(17-19-26)23(3)4)32(36(43)45-6-2)33(38-37(40)46-30)25-12-8-7-9-13-25/h7-21,23,34H,5-6,22H2,1-4H3/b30-20-/t34-/m1/s1. The summed E-state index contributed by atoms with van der Waals surface area (Å²) in [5, 5.41) is 0.899. The summed E-state index contributed by atoms with van der Waals surface area (Å²) in [5.41, 5.74) is 4.87. The zero-order valence-electron chi connectivity index (χ0n) is 26.2. The van der Waals surface area contributed by atoms with Crippen molar-refractivity contribution in [3.05, 3.63) is 133 Å². The maximum Gasteiger partial charge on any atom is 0.338 e. The molecule has 0 saturated heterocycles. The number of fused-ring (bicyclic) bond motifs is 2. The van der Waals surface area contributed by atoms with Crippen molar-refractivity contribution >= 4 is 46.0 Å². The molecule has 0 unspecified atom stereocenters. The van der Waals surface area contributed by atoms with Crippen LogP contribution in [0.1, 0.15) is 61.9 Å². The van der Waals surface area contributed by atoms with Crippen LogP contribution in [-0.4, -0.2) is 34.3 Å². The highest BCUT2D eigenvalue weighted by Crippen LogP contribution is 2.35. The molecule has 0 amide bonds. The highest BCUT2D eigenvalue weighted by molar-refractivity contribution is 7.07. The van der Waals surface area contributed by atoms with Gasteiger partial charge >= 0.3 is 11.9 Å². The number of thiazole rings is 1. The number of benzene rings is 3. The fourth-order valence-electron chi connectivity index (χ4n) is 5.83. The Morgan fingerprint density at radius 2 is 1.63 bits per heavy atom. The van der Waals surface area contributed by atoms with Crippen molar-refractivity contribution in [1.82, 2.24) is 9.13 Å². The number of nitrogens with zero attached hydrogens (tertiary/aromatic N) is 3. The number of para-hydroxylation sites is 1.